The second kappa shape index (κ2) is 4.35. The van der Waals surface area contributed by atoms with Gasteiger partial charge in [0, 0.05) is 12.2 Å². The Balaban J connectivity index is 2.30. The van der Waals surface area contributed by atoms with Crippen molar-refractivity contribution in [2.45, 2.75) is 32.1 Å². The maximum absolute atomic E-state index is 9.04. The van der Waals surface area contributed by atoms with Crippen molar-refractivity contribution in [1.82, 2.24) is 0 Å². The van der Waals surface area contributed by atoms with Crippen LogP contribution < -0.4 is 5.32 Å². The highest BCUT2D eigenvalue weighted by Gasteiger charge is 2.22. The van der Waals surface area contributed by atoms with Gasteiger partial charge in [0.25, 0.3) is 0 Å². The molecule has 0 spiro atoms. The number of rotatable bonds is 3. The quantitative estimate of drug-likeness (QED) is 0.813. The summed E-state index contributed by atoms with van der Waals surface area (Å²) in [6.45, 7) is 3.01. The second-order valence-electron chi connectivity index (χ2n) is 4.07. The first-order valence-electron chi connectivity index (χ1n) is 5.63. The van der Waals surface area contributed by atoms with E-state index in [0.717, 1.165) is 17.8 Å². The average molecular weight is 200 g/mol. The fourth-order valence-corrected chi connectivity index (χ4v) is 2.04. The van der Waals surface area contributed by atoms with E-state index in [9.17, 15) is 0 Å². The van der Waals surface area contributed by atoms with Gasteiger partial charge >= 0.3 is 0 Å². The molecule has 2 rings (SSSR count). The molecule has 0 aliphatic heterocycles. The van der Waals surface area contributed by atoms with Gasteiger partial charge in [-0.25, -0.2) is 0 Å². The van der Waals surface area contributed by atoms with Gasteiger partial charge in [0.1, 0.15) is 0 Å². The lowest BCUT2D eigenvalue weighted by Crippen LogP contribution is -2.11. The molecule has 1 aromatic carbocycles. The van der Waals surface area contributed by atoms with Gasteiger partial charge in [-0.05, 0) is 49.4 Å². The Morgan fingerprint density at radius 1 is 1.47 bits per heavy atom. The molecule has 2 nitrogen and oxygen atoms in total. The summed E-state index contributed by atoms with van der Waals surface area (Å²) in [4.78, 5) is 0. The van der Waals surface area contributed by atoms with Crippen LogP contribution in [-0.4, -0.2) is 6.54 Å². The van der Waals surface area contributed by atoms with Crippen molar-refractivity contribution in [2.24, 2.45) is 0 Å². The van der Waals surface area contributed by atoms with Crippen molar-refractivity contribution < 1.29 is 0 Å². The first-order valence-corrected chi connectivity index (χ1v) is 5.63. The summed E-state index contributed by atoms with van der Waals surface area (Å²) in [5.41, 5.74) is 3.22. The van der Waals surface area contributed by atoms with Crippen molar-refractivity contribution in [2.75, 3.05) is 11.9 Å². The predicted molar refractivity (Wildman–Crippen MR) is 61.9 cm³/mol. The number of anilines is 1. The average Bonchev–Trinajstić information content (AvgIpc) is 2.16. The summed E-state index contributed by atoms with van der Waals surface area (Å²) < 4.78 is 0. The normalized spacial score (nSPS) is 15.5. The minimum atomic E-state index is 0.623. The molecular formula is C13H16N2. The standard InChI is InChI=1S/C13H16N2/c1-2-15-12-7-6-11(9-14)13(8-12)10-4-3-5-10/h6-8,10,15H,2-5H2,1H3. The van der Waals surface area contributed by atoms with Gasteiger partial charge in [0.2, 0.25) is 0 Å². The number of benzene rings is 1. The summed E-state index contributed by atoms with van der Waals surface area (Å²) in [5, 5.41) is 12.3. The Morgan fingerprint density at radius 3 is 2.80 bits per heavy atom. The maximum atomic E-state index is 9.04. The van der Waals surface area contributed by atoms with Crippen LogP contribution in [0.25, 0.3) is 0 Å². The van der Waals surface area contributed by atoms with Gasteiger partial charge in [-0.3, -0.25) is 0 Å². The molecule has 0 amide bonds. The first-order chi connectivity index (χ1) is 7.35. The molecule has 1 aliphatic carbocycles. The molecule has 0 heterocycles. The Kier molecular flexibility index (Phi) is 2.91. The zero-order chi connectivity index (χ0) is 10.7. The molecule has 1 N–H and O–H groups in total. The summed E-state index contributed by atoms with van der Waals surface area (Å²) >= 11 is 0. The third kappa shape index (κ3) is 1.97. The van der Waals surface area contributed by atoms with Crippen molar-refractivity contribution in [3.8, 4) is 6.07 Å². The second-order valence-corrected chi connectivity index (χ2v) is 4.07. The number of hydrogen-bond donors (Lipinski definition) is 1. The molecule has 2 heteroatoms. The molecule has 1 aromatic rings. The fourth-order valence-electron chi connectivity index (χ4n) is 2.04. The van der Waals surface area contributed by atoms with Crippen LogP contribution in [0, 0.1) is 11.3 Å². The molecule has 0 aromatic heterocycles. The largest absolute Gasteiger partial charge is 0.385 e. The van der Waals surface area contributed by atoms with E-state index in [1.165, 1.54) is 24.8 Å². The molecule has 0 unspecified atom stereocenters. The van der Waals surface area contributed by atoms with Crippen LogP contribution in [0.5, 0.6) is 0 Å². The zero-order valence-electron chi connectivity index (χ0n) is 9.09. The molecule has 0 radical (unpaired) electrons. The highest BCUT2D eigenvalue weighted by atomic mass is 14.8. The summed E-state index contributed by atoms with van der Waals surface area (Å²) in [6, 6.07) is 8.36. The van der Waals surface area contributed by atoms with Gasteiger partial charge < -0.3 is 5.32 Å². The fraction of sp³-hybridized carbons (Fsp3) is 0.462. The number of nitrogens with one attached hydrogen (secondary N) is 1. The summed E-state index contributed by atoms with van der Waals surface area (Å²) in [5.74, 6) is 0.623. The van der Waals surface area contributed by atoms with E-state index in [-0.39, 0.29) is 0 Å². The van der Waals surface area contributed by atoms with Gasteiger partial charge in [0.05, 0.1) is 11.6 Å². The van der Waals surface area contributed by atoms with Crippen molar-refractivity contribution in [1.29, 1.82) is 5.26 Å². The smallest absolute Gasteiger partial charge is 0.0994 e. The Bertz CT molecular complexity index is 386. The number of hydrogen-bond acceptors (Lipinski definition) is 2. The lowest BCUT2D eigenvalue weighted by Gasteiger charge is -2.27. The van der Waals surface area contributed by atoms with Crippen LogP contribution in [0.3, 0.4) is 0 Å². The Morgan fingerprint density at radius 2 is 2.27 bits per heavy atom. The number of nitrogens with zero attached hydrogens (tertiary/aromatic N) is 1. The van der Waals surface area contributed by atoms with E-state index in [0.29, 0.717) is 5.92 Å². The van der Waals surface area contributed by atoms with Gasteiger partial charge in [-0.1, -0.05) is 6.42 Å². The van der Waals surface area contributed by atoms with E-state index in [2.05, 4.69) is 24.4 Å². The van der Waals surface area contributed by atoms with Crippen molar-refractivity contribution in [3.63, 3.8) is 0 Å². The van der Waals surface area contributed by atoms with Crippen LogP contribution >= 0.6 is 0 Å². The zero-order valence-corrected chi connectivity index (χ0v) is 9.09. The Labute approximate surface area is 90.9 Å². The molecule has 1 fully saturated rings. The molecule has 1 aliphatic rings. The van der Waals surface area contributed by atoms with E-state index < -0.39 is 0 Å². The lowest BCUT2D eigenvalue weighted by molar-refractivity contribution is 0.419. The predicted octanol–water partition coefficient (Wildman–Crippen LogP) is 3.26. The van der Waals surface area contributed by atoms with Crippen LogP contribution in [0.2, 0.25) is 0 Å². The minimum absolute atomic E-state index is 0.623. The Hall–Kier alpha value is -1.49. The summed E-state index contributed by atoms with van der Waals surface area (Å²) in [6.07, 6.45) is 3.79. The van der Waals surface area contributed by atoms with Crippen LogP contribution in [0.4, 0.5) is 5.69 Å². The summed E-state index contributed by atoms with van der Waals surface area (Å²) in [7, 11) is 0. The maximum Gasteiger partial charge on any atom is 0.0994 e. The monoisotopic (exact) mass is 200 g/mol. The van der Waals surface area contributed by atoms with Gasteiger partial charge in [0.15, 0.2) is 0 Å². The number of nitriles is 1. The van der Waals surface area contributed by atoms with Crippen LogP contribution in [0.1, 0.15) is 43.2 Å². The van der Waals surface area contributed by atoms with E-state index in [4.69, 9.17) is 5.26 Å². The van der Waals surface area contributed by atoms with E-state index >= 15 is 0 Å². The van der Waals surface area contributed by atoms with E-state index in [1.54, 1.807) is 0 Å². The first kappa shape index (κ1) is 10.0. The lowest BCUT2D eigenvalue weighted by atomic mass is 9.78. The highest BCUT2D eigenvalue weighted by molar-refractivity contribution is 5.53. The molecule has 1 saturated carbocycles. The molecule has 78 valence electrons. The minimum Gasteiger partial charge on any atom is -0.385 e. The van der Waals surface area contributed by atoms with Crippen molar-refractivity contribution >= 4 is 5.69 Å². The van der Waals surface area contributed by atoms with Gasteiger partial charge in [-0.15, -0.1) is 0 Å². The topological polar surface area (TPSA) is 35.8 Å². The van der Waals surface area contributed by atoms with Gasteiger partial charge in [-0.2, -0.15) is 5.26 Å². The SMILES string of the molecule is CCNc1ccc(C#N)c(C2CCC2)c1. The molecule has 0 saturated heterocycles. The molecular weight excluding hydrogens is 184 g/mol. The van der Waals surface area contributed by atoms with Crippen molar-refractivity contribution in [3.05, 3.63) is 29.3 Å². The molecule has 0 atom stereocenters. The van der Waals surface area contributed by atoms with E-state index in [1.807, 2.05) is 12.1 Å². The molecule has 15 heavy (non-hydrogen) atoms. The highest BCUT2D eigenvalue weighted by Crippen LogP contribution is 2.38. The molecule has 0 bridgehead atoms. The third-order valence-corrected chi connectivity index (χ3v) is 3.10. The third-order valence-electron chi connectivity index (χ3n) is 3.10. The van der Waals surface area contributed by atoms with Crippen LogP contribution in [0.15, 0.2) is 18.2 Å². The van der Waals surface area contributed by atoms with Crippen LogP contribution in [-0.2, 0) is 0 Å².